The van der Waals surface area contributed by atoms with Crippen LogP contribution in [0, 0.1) is 13.8 Å². The van der Waals surface area contributed by atoms with Crippen LogP contribution in [-0.2, 0) is 40.5 Å². The normalized spacial score (nSPS) is 14.8. The molecule has 8 N–H and O–H groups in total. The number of imidazole rings is 2. The number of hydrogen-bond donors (Lipinski definition) is 5. The summed E-state index contributed by atoms with van der Waals surface area (Å²) in [5.41, 5.74) is 15.4. The fourth-order valence-corrected chi connectivity index (χ4v) is 8.76. The number of aryl methyl sites for hydroxylation is 4. The number of ether oxygens (including phenoxy) is 2. The Morgan fingerprint density at radius 3 is 2.01 bits per heavy atom. The smallest absolute Gasteiger partial charge is 0.276 e. The standard InChI is InChI=1S/C45H55N15O8/c1-5-59-34(18-27(3)53-59)41(64)51-43-49-31-20-29(39(46)62)10-11-33(31)57(43)13-7-8-14-58-38-32(50-44(58)52-42(65)35-19-28(4)54-60(35)6-2)21-30(40(47)63)22-36(38)66-16-9-12-55-24-45(25-55)26-56(15-17-67-45)37(61)23-68-48/h7-8,10-11,18-22H,5-6,9,12-17,23-26,48H2,1-4H3,(H2,46,62)(H2,47,63)(H,49,51,64)(H,50,52,65)/b8-7+. The summed E-state index contributed by atoms with van der Waals surface area (Å²) >= 11 is 0. The lowest BCUT2D eigenvalue weighted by molar-refractivity contribution is -0.190. The number of hydrogen-bond acceptors (Lipinski definition) is 14. The molecule has 2 saturated heterocycles. The third-order valence-electron chi connectivity index (χ3n) is 11.9. The quantitative estimate of drug-likeness (QED) is 0.0441. The molecule has 2 aromatic carbocycles. The van der Waals surface area contributed by atoms with Gasteiger partial charge in [0.1, 0.15) is 34.9 Å². The molecule has 23 nitrogen and oxygen atoms in total. The lowest BCUT2D eigenvalue weighted by Gasteiger charge is -2.54. The molecule has 0 bridgehead atoms. The van der Waals surface area contributed by atoms with Gasteiger partial charge in [0, 0.05) is 63.5 Å². The number of rotatable bonds is 19. The van der Waals surface area contributed by atoms with Crippen molar-refractivity contribution in [1.82, 2.24) is 48.5 Å². The largest absolute Gasteiger partial charge is 0.491 e. The van der Waals surface area contributed by atoms with Crippen molar-refractivity contribution < 1.29 is 38.3 Å². The Morgan fingerprint density at radius 2 is 1.40 bits per heavy atom. The van der Waals surface area contributed by atoms with Gasteiger partial charge >= 0.3 is 0 Å². The summed E-state index contributed by atoms with van der Waals surface area (Å²) in [7, 11) is 0. The van der Waals surface area contributed by atoms with Gasteiger partial charge < -0.3 is 35.0 Å². The van der Waals surface area contributed by atoms with E-state index in [2.05, 4.69) is 35.6 Å². The van der Waals surface area contributed by atoms with Crippen molar-refractivity contribution in [2.75, 3.05) is 63.2 Å². The Hall–Kier alpha value is -7.47. The molecule has 8 rings (SSSR count). The first-order chi connectivity index (χ1) is 32.7. The first-order valence-corrected chi connectivity index (χ1v) is 22.3. The van der Waals surface area contributed by atoms with E-state index in [4.69, 9.17) is 31.8 Å². The number of carbonyl (C=O) groups excluding carboxylic acids is 5. The van der Waals surface area contributed by atoms with Crippen LogP contribution in [0.1, 0.15) is 73.3 Å². The number of nitrogens with one attached hydrogen (secondary N) is 2. The molecule has 2 aliphatic heterocycles. The van der Waals surface area contributed by atoms with Crippen molar-refractivity contribution in [2.45, 2.75) is 65.9 Å². The highest BCUT2D eigenvalue weighted by Crippen LogP contribution is 2.33. The number of primary amides is 2. The van der Waals surface area contributed by atoms with Crippen molar-refractivity contribution in [3.05, 3.63) is 88.5 Å². The fourth-order valence-electron chi connectivity index (χ4n) is 8.76. The number of allylic oxidation sites excluding steroid dienone is 2. The van der Waals surface area contributed by atoms with Crippen LogP contribution in [0.4, 0.5) is 11.9 Å². The van der Waals surface area contributed by atoms with E-state index in [9.17, 15) is 24.0 Å². The second-order valence-electron chi connectivity index (χ2n) is 16.8. The number of amides is 5. The molecule has 1 spiro atoms. The first-order valence-electron chi connectivity index (χ1n) is 22.3. The van der Waals surface area contributed by atoms with Crippen LogP contribution in [0.2, 0.25) is 0 Å². The predicted octanol–water partition coefficient (Wildman–Crippen LogP) is 1.97. The molecule has 0 radical (unpaired) electrons. The number of nitrogens with two attached hydrogens (primary N) is 3. The minimum absolute atomic E-state index is 0.159. The van der Waals surface area contributed by atoms with Gasteiger partial charge in [-0.05, 0) is 76.6 Å². The molecule has 0 saturated carbocycles. The van der Waals surface area contributed by atoms with E-state index in [0.29, 0.717) is 109 Å². The van der Waals surface area contributed by atoms with Gasteiger partial charge in [-0.3, -0.25) is 53.7 Å². The molecule has 0 unspecified atom stereocenters. The molecule has 0 atom stereocenters. The third kappa shape index (κ3) is 9.81. The molecule has 6 aromatic rings. The van der Waals surface area contributed by atoms with Crippen molar-refractivity contribution in [1.29, 1.82) is 0 Å². The summed E-state index contributed by atoms with van der Waals surface area (Å²) in [5.74, 6) is 3.52. The van der Waals surface area contributed by atoms with Crippen molar-refractivity contribution >= 4 is 63.5 Å². The van der Waals surface area contributed by atoms with Crippen LogP contribution in [0.5, 0.6) is 5.75 Å². The number of likely N-dealkylation sites (tertiary alicyclic amines) is 1. The molecule has 68 heavy (non-hydrogen) atoms. The Bertz CT molecular complexity index is 2940. The summed E-state index contributed by atoms with van der Waals surface area (Å²) in [4.78, 5) is 82.6. The molecule has 6 heterocycles. The molecule has 358 valence electrons. The zero-order chi connectivity index (χ0) is 48.3. The maximum Gasteiger partial charge on any atom is 0.276 e. The summed E-state index contributed by atoms with van der Waals surface area (Å²) < 4.78 is 19.3. The van der Waals surface area contributed by atoms with E-state index in [1.807, 2.05) is 26.0 Å². The number of anilines is 2. The molecular weight excluding hydrogens is 879 g/mol. The number of aromatic nitrogens is 8. The van der Waals surface area contributed by atoms with E-state index >= 15 is 0 Å². The second kappa shape index (κ2) is 19.8. The van der Waals surface area contributed by atoms with Crippen LogP contribution in [0.3, 0.4) is 0 Å². The van der Waals surface area contributed by atoms with E-state index in [1.54, 1.807) is 79.7 Å². The van der Waals surface area contributed by atoms with Crippen LogP contribution < -0.4 is 32.7 Å². The molecule has 23 heteroatoms. The second-order valence-corrected chi connectivity index (χ2v) is 16.8. The van der Waals surface area contributed by atoms with Gasteiger partial charge in [-0.25, -0.2) is 15.9 Å². The summed E-state index contributed by atoms with van der Waals surface area (Å²) in [6.07, 6.45) is 4.33. The van der Waals surface area contributed by atoms with E-state index in [-0.39, 0.29) is 55.2 Å². The van der Waals surface area contributed by atoms with Crippen LogP contribution in [0.25, 0.3) is 22.1 Å². The summed E-state index contributed by atoms with van der Waals surface area (Å²) in [5, 5.41) is 14.7. The third-order valence-corrected chi connectivity index (χ3v) is 11.9. The number of carbonyl (C=O) groups is 5. The lowest BCUT2D eigenvalue weighted by atomic mass is 9.91. The topological polar surface area (TPSA) is 293 Å². The van der Waals surface area contributed by atoms with Gasteiger partial charge in [-0.1, -0.05) is 12.2 Å². The molecular formula is C45H55N15O8. The number of fused-ring (bicyclic) bond motifs is 2. The summed E-state index contributed by atoms with van der Waals surface area (Å²) in [6, 6.07) is 11.4. The highest BCUT2D eigenvalue weighted by molar-refractivity contribution is 6.05. The maximum absolute atomic E-state index is 13.9. The SMILES string of the molecule is CCn1nc(C)cc1C(=O)Nc1nc2cc(C(N)=O)ccc2n1C/C=C/Cn1c(NC(=O)c2cc(C)nn2CC)nc2cc(C(N)=O)cc(OCCCN3CC4(C3)CN(C(=O)CON)CCO4)c21. The fraction of sp³-hybridized carbons (Fsp3) is 0.400. The van der Waals surface area contributed by atoms with Gasteiger partial charge in [0.25, 0.3) is 17.7 Å². The molecule has 5 amide bonds. The van der Waals surface area contributed by atoms with E-state index in [0.717, 1.165) is 0 Å². The highest BCUT2D eigenvalue weighted by Gasteiger charge is 2.47. The van der Waals surface area contributed by atoms with Crippen molar-refractivity contribution in [2.24, 2.45) is 17.4 Å². The van der Waals surface area contributed by atoms with Gasteiger partial charge in [-0.15, -0.1) is 0 Å². The Labute approximate surface area is 390 Å². The Morgan fingerprint density at radius 1 is 0.794 bits per heavy atom. The lowest BCUT2D eigenvalue weighted by Crippen LogP contribution is -2.70. The molecule has 2 fully saturated rings. The minimum Gasteiger partial charge on any atom is -0.491 e. The van der Waals surface area contributed by atoms with Gasteiger partial charge in [-0.2, -0.15) is 10.2 Å². The van der Waals surface area contributed by atoms with Gasteiger partial charge in [0.05, 0.1) is 47.7 Å². The molecule has 2 aliphatic rings. The molecule has 4 aromatic heterocycles. The van der Waals surface area contributed by atoms with E-state index in [1.165, 1.54) is 0 Å². The highest BCUT2D eigenvalue weighted by atomic mass is 16.6. The zero-order valence-corrected chi connectivity index (χ0v) is 38.4. The predicted molar refractivity (Wildman–Crippen MR) is 249 cm³/mol. The number of morpholine rings is 1. The Kier molecular flexibility index (Phi) is 13.7. The zero-order valence-electron chi connectivity index (χ0n) is 38.4. The number of nitrogens with zero attached hydrogens (tertiary/aromatic N) is 10. The van der Waals surface area contributed by atoms with Crippen molar-refractivity contribution in [3.8, 4) is 5.75 Å². The van der Waals surface area contributed by atoms with Crippen molar-refractivity contribution in [3.63, 3.8) is 0 Å². The Balaban J connectivity index is 1.06. The summed E-state index contributed by atoms with van der Waals surface area (Å²) in [6.45, 7) is 12.1. The minimum atomic E-state index is -0.685. The first kappa shape index (κ1) is 47.0. The van der Waals surface area contributed by atoms with Crippen LogP contribution in [0.15, 0.2) is 54.6 Å². The van der Waals surface area contributed by atoms with Gasteiger partial charge in [0.2, 0.25) is 23.7 Å². The van der Waals surface area contributed by atoms with Crippen LogP contribution >= 0.6 is 0 Å². The van der Waals surface area contributed by atoms with Gasteiger partial charge in [0.15, 0.2) is 0 Å². The van der Waals surface area contributed by atoms with E-state index < -0.39 is 29.2 Å². The average Bonchev–Trinajstić information content (AvgIpc) is 4.07. The van der Waals surface area contributed by atoms with Crippen LogP contribution in [-0.4, -0.2) is 136 Å². The monoisotopic (exact) mass is 933 g/mol. The maximum atomic E-state index is 13.9. The number of benzene rings is 2. The molecule has 0 aliphatic carbocycles. The average molecular weight is 934 g/mol.